The van der Waals surface area contributed by atoms with Gasteiger partial charge in [0.1, 0.15) is 0 Å². The van der Waals surface area contributed by atoms with Crippen LogP contribution in [0, 0.1) is 0 Å². The molecular weight excluding hydrogens is 372 g/mol. The summed E-state index contributed by atoms with van der Waals surface area (Å²) in [6, 6.07) is 20.2. The van der Waals surface area contributed by atoms with Crippen LogP contribution in [0.25, 0.3) is 22.5 Å². The Balaban J connectivity index is 1.58. The number of nitrogens with zero attached hydrogens (tertiary/aromatic N) is 1. The fourth-order valence-electron chi connectivity index (χ4n) is 3.58. The lowest BCUT2D eigenvalue weighted by molar-refractivity contribution is -0.207. The Labute approximate surface area is 168 Å². The highest BCUT2D eigenvalue weighted by Gasteiger charge is 2.35. The molecule has 5 nitrogen and oxygen atoms in total. The number of ether oxygens (including phenoxy) is 1. The maximum Gasteiger partial charge on any atom is 0.166 e. The summed E-state index contributed by atoms with van der Waals surface area (Å²) in [4.78, 5) is 8.26. The summed E-state index contributed by atoms with van der Waals surface area (Å²) in [5.74, 6) is 0.600. The SMILES string of the molecule is C[C@]1(O)C[C@H](CSc2nc(-c3ccccc3)c(-c3ccccc3)[nH]2)O[C@H](O)C1. The lowest BCUT2D eigenvalue weighted by Gasteiger charge is -2.36. The molecule has 0 amide bonds. The number of nitrogens with one attached hydrogen (secondary N) is 1. The fourth-order valence-corrected chi connectivity index (χ4v) is 4.45. The highest BCUT2D eigenvalue weighted by molar-refractivity contribution is 7.99. The Hall–Kier alpha value is -2.12. The number of aromatic nitrogens is 2. The van der Waals surface area contributed by atoms with Gasteiger partial charge in [-0.3, -0.25) is 0 Å². The Morgan fingerprint density at radius 1 is 1.07 bits per heavy atom. The maximum absolute atomic E-state index is 10.3. The average Bonchev–Trinajstić information content (AvgIpc) is 3.11. The molecule has 3 aromatic rings. The molecule has 1 fully saturated rings. The molecule has 0 aliphatic carbocycles. The van der Waals surface area contributed by atoms with Crippen LogP contribution in [-0.4, -0.2) is 43.9 Å². The van der Waals surface area contributed by atoms with Crippen molar-refractivity contribution in [3.63, 3.8) is 0 Å². The van der Waals surface area contributed by atoms with Crippen molar-refractivity contribution in [1.29, 1.82) is 0 Å². The van der Waals surface area contributed by atoms with Gasteiger partial charge in [0.2, 0.25) is 0 Å². The molecular formula is C22H24N2O3S. The first-order chi connectivity index (χ1) is 13.5. The largest absolute Gasteiger partial charge is 0.390 e. The highest BCUT2D eigenvalue weighted by atomic mass is 32.2. The van der Waals surface area contributed by atoms with Crippen molar-refractivity contribution < 1.29 is 14.9 Å². The second-order valence-corrected chi connectivity index (χ2v) is 8.44. The molecule has 0 radical (unpaired) electrons. The van der Waals surface area contributed by atoms with Crippen molar-refractivity contribution in [2.24, 2.45) is 0 Å². The highest BCUT2D eigenvalue weighted by Crippen LogP contribution is 2.34. The molecule has 1 saturated heterocycles. The number of hydrogen-bond donors (Lipinski definition) is 3. The lowest BCUT2D eigenvalue weighted by Crippen LogP contribution is -2.44. The van der Waals surface area contributed by atoms with E-state index in [0.717, 1.165) is 27.7 Å². The summed E-state index contributed by atoms with van der Waals surface area (Å²) in [5, 5.41) is 20.9. The normalized spacial score (nSPS) is 25.0. The fraction of sp³-hybridized carbons (Fsp3) is 0.318. The van der Waals surface area contributed by atoms with Crippen molar-refractivity contribution >= 4 is 11.8 Å². The van der Waals surface area contributed by atoms with Crippen LogP contribution in [-0.2, 0) is 4.74 Å². The summed E-state index contributed by atoms with van der Waals surface area (Å²) < 4.78 is 5.58. The van der Waals surface area contributed by atoms with Crippen LogP contribution >= 0.6 is 11.8 Å². The van der Waals surface area contributed by atoms with Crippen molar-refractivity contribution in [3.05, 3.63) is 60.7 Å². The van der Waals surface area contributed by atoms with Gasteiger partial charge in [-0.1, -0.05) is 72.4 Å². The Morgan fingerprint density at radius 3 is 2.36 bits per heavy atom. The number of rotatable bonds is 5. The maximum atomic E-state index is 10.3. The molecule has 2 heterocycles. The van der Waals surface area contributed by atoms with Gasteiger partial charge in [0.05, 0.1) is 23.1 Å². The second-order valence-electron chi connectivity index (χ2n) is 7.43. The smallest absolute Gasteiger partial charge is 0.166 e. The molecule has 0 saturated carbocycles. The van der Waals surface area contributed by atoms with Gasteiger partial charge < -0.3 is 19.9 Å². The molecule has 0 bridgehead atoms. The first-order valence-corrected chi connectivity index (χ1v) is 10.4. The molecule has 0 unspecified atom stereocenters. The van der Waals surface area contributed by atoms with E-state index in [-0.39, 0.29) is 12.5 Å². The van der Waals surface area contributed by atoms with E-state index in [9.17, 15) is 10.2 Å². The Bertz CT molecular complexity index is 855. The van der Waals surface area contributed by atoms with Gasteiger partial charge in [-0.2, -0.15) is 0 Å². The molecule has 1 aromatic heterocycles. The number of aromatic amines is 1. The van der Waals surface area contributed by atoms with Crippen molar-refractivity contribution in [2.45, 2.75) is 42.9 Å². The van der Waals surface area contributed by atoms with E-state index in [1.807, 2.05) is 36.4 Å². The molecule has 6 heteroatoms. The monoisotopic (exact) mass is 396 g/mol. The third kappa shape index (κ3) is 4.47. The van der Waals surface area contributed by atoms with E-state index in [1.165, 1.54) is 0 Å². The number of benzene rings is 2. The number of H-pyrrole nitrogens is 1. The molecule has 146 valence electrons. The van der Waals surface area contributed by atoms with E-state index in [1.54, 1.807) is 18.7 Å². The molecule has 3 atom stereocenters. The van der Waals surface area contributed by atoms with Gasteiger partial charge in [-0.15, -0.1) is 0 Å². The summed E-state index contributed by atoms with van der Waals surface area (Å²) in [6.45, 7) is 1.74. The standard InChI is InChI=1S/C22H24N2O3S/c1-22(26)12-17(27-18(25)13-22)14-28-21-23-19(15-8-4-2-5-9-15)20(24-21)16-10-6-3-7-11-16/h2-11,17-18,25-26H,12-14H2,1H3,(H,23,24)/t17-,18+,22+/m1/s1. The minimum atomic E-state index is -0.925. The predicted molar refractivity (Wildman–Crippen MR) is 111 cm³/mol. The first-order valence-electron chi connectivity index (χ1n) is 9.40. The summed E-state index contributed by atoms with van der Waals surface area (Å²) in [6.07, 6.45) is -0.417. The van der Waals surface area contributed by atoms with Gasteiger partial charge in [0, 0.05) is 29.7 Å². The molecule has 4 rings (SSSR count). The van der Waals surface area contributed by atoms with Crippen molar-refractivity contribution in [2.75, 3.05) is 5.75 Å². The molecule has 0 spiro atoms. The minimum Gasteiger partial charge on any atom is -0.390 e. The topological polar surface area (TPSA) is 78.4 Å². The van der Waals surface area contributed by atoms with Crippen LogP contribution < -0.4 is 0 Å². The number of hydrogen-bond acceptors (Lipinski definition) is 5. The van der Waals surface area contributed by atoms with E-state index in [2.05, 4.69) is 29.2 Å². The van der Waals surface area contributed by atoms with Crippen molar-refractivity contribution in [1.82, 2.24) is 9.97 Å². The first kappa shape index (κ1) is 19.2. The van der Waals surface area contributed by atoms with E-state index >= 15 is 0 Å². The number of imidazole rings is 1. The average molecular weight is 397 g/mol. The third-order valence-corrected chi connectivity index (χ3v) is 5.83. The van der Waals surface area contributed by atoms with Crippen LogP contribution in [0.4, 0.5) is 0 Å². The molecule has 1 aliphatic rings. The summed E-state index contributed by atoms with van der Waals surface area (Å²) in [5.41, 5.74) is 3.11. The third-order valence-electron chi connectivity index (χ3n) is 4.83. The van der Waals surface area contributed by atoms with Crippen LogP contribution in [0.5, 0.6) is 0 Å². The van der Waals surface area contributed by atoms with E-state index in [0.29, 0.717) is 12.2 Å². The molecule has 28 heavy (non-hydrogen) atoms. The van der Waals surface area contributed by atoms with Gasteiger partial charge in [0.15, 0.2) is 11.4 Å². The number of aliphatic hydroxyl groups excluding tert-OH is 1. The zero-order valence-corrected chi connectivity index (χ0v) is 16.5. The predicted octanol–water partition coefficient (Wildman–Crippen LogP) is 4.08. The van der Waals surface area contributed by atoms with Crippen LogP contribution in [0.2, 0.25) is 0 Å². The minimum absolute atomic E-state index is 0.228. The van der Waals surface area contributed by atoms with Crippen LogP contribution in [0.15, 0.2) is 65.8 Å². The van der Waals surface area contributed by atoms with Gasteiger partial charge >= 0.3 is 0 Å². The summed E-state index contributed by atoms with van der Waals surface area (Å²) >= 11 is 1.54. The second kappa shape index (κ2) is 8.09. The van der Waals surface area contributed by atoms with Gasteiger partial charge in [-0.25, -0.2) is 4.98 Å². The zero-order chi connectivity index (χ0) is 19.6. The molecule has 2 aromatic carbocycles. The van der Waals surface area contributed by atoms with E-state index in [4.69, 9.17) is 9.72 Å². The summed E-state index contributed by atoms with van der Waals surface area (Å²) in [7, 11) is 0. The Morgan fingerprint density at radius 2 is 1.71 bits per heavy atom. The zero-order valence-electron chi connectivity index (χ0n) is 15.7. The molecule has 1 aliphatic heterocycles. The van der Waals surface area contributed by atoms with Crippen LogP contribution in [0.3, 0.4) is 0 Å². The van der Waals surface area contributed by atoms with Crippen molar-refractivity contribution in [3.8, 4) is 22.5 Å². The van der Waals surface area contributed by atoms with E-state index < -0.39 is 11.9 Å². The van der Waals surface area contributed by atoms with Gasteiger partial charge in [0.25, 0.3) is 0 Å². The van der Waals surface area contributed by atoms with Crippen LogP contribution in [0.1, 0.15) is 19.8 Å². The van der Waals surface area contributed by atoms with Gasteiger partial charge in [-0.05, 0) is 6.92 Å². The lowest BCUT2D eigenvalue weighted by atomic mass is 9.92. The Kier molecular flexibility index (Phi) is 5.55. The quantitative estimate of drug-likeness (QED) is 0.566. The number of thioether (sulfide) groups is 1. The molecule has 3 N–H and O–H groups in total. The number of aliphatic hydroxyl groups is 2.